The van der Waals surface area contributed by atoms with Crippen LogP contribution in [0.3, 0.4) is 0 Å². The molecule has 0 saturated carbocycles. The molecule has 2 rings (SSSR count). The Hall–Kier alpha value is -1.70. The van der Waals surface area contributed by atoms with Crippen molar-refractivity contribution in [1.29, 1.82) is 0 Å². The van der Waals surface area contributed by atoms with Crippen molar-refractivity contribution in [2.75, 3.05) is 5.75 Å². The molecule has 1 saturated heterocycles. The zero-order valence-corrected chi connectivity index (χ0v) is 16.0. The van der Waals surface area contributed by atoms with Gasteiger partial charge in [0, 0.05) is 12.2 Å². The maximum absolute atomic E-state index is 12.6. The summed E-state index contributed by atoms with van der Waals surface area (Å²) in [5.41, 5.74) is 1.16. The highest BCUT2D eigenvalue weighted by Crippen LogP contribution is 2.28. The molecule has 1 aromatic rings. The van der Waals surface area contributed by atoms with Gasteiger partial charge in [0.15, 0.2) is 0 Å². The highest BCUT2D eigenvalue weighted by atomic mass is 32.2. The molecule has 26 heavy (non-hydrogen) atoms. The Morgan fingerprint density at radius 3 is 2.73 bits per heavy atom. The normalized spacial score (nSPS) is 18.4. The summed E-state index contributed by atoms with van der Waals surface area (Å²) in [5.74, 6) is -0.243. The predicted molar refractivity (Wildman–Crippen MR) is 107 cm³/mol. The van der Waals surface area contributed by atoms with Gasteiger partial charge in [0.25, 0.3) is 0 Å². The average Bonchev–Trinajstić information content (AvgIpc) is 2.95. The van der Waals surface area contributed by atoms with Gasteiger partial charge in [-0.15, -0.1) is 0 Å². The Morgan fingerprint density at radius 2 is 2.04 bits per heavy atom. The monoisotopic (exact) mass is 393 g/mol. The summed E-state index contributed by atoms with van der Waals surface area (Å²) in [4.78, 5) is 24.7. The number of hydrogen-bond donors (Lipinski definition) is 2. The van der Waals surface area contributed by atoms with Crippen molar-refractivity contribution in [1.82, 2.24) is 4.90 Å². The second kappa shape index (κ2) is 10.4. The highest BCUT2D eigenvalue weighted by molar-refractivity contribution is 8.23. The first-order chi connectivity index (χ1) is 12.5. The Kier molecular flexibility index (Phi) is 8.28. The molecular formula is C19H23NO4S2. The number of aliphatic hydroxyl groups is 1. The van der Waals surface area contributed by atoms with Crippen LogP contribution in [0.1, 0.15) is 31.2 Å². The Labute approximate surface area is 163 Å². The first-order valence-electron chi connectivity index (χ1n) is 8.55. The summed E-state index contributed by atoms with van der Waals surface area (Å²) >= 11 is 6.83. The van der Waals surface area contributed by atoms with Crippen LogP contribution in [-0.4, -0.2) is 49.2 Å². The number of allylic oxidation sites excluding steroid dienone is 1. The largest absolute Gasteiger partial charge is 0.481 e. The van der Waals surface area contributed by atoms with Gasteiger partial charge in [-0.25, -0.2) is 0 Å². The van der Waals surface area contributed by atoms with E-state index in [1.165, 1.54) is 11.8 Å². The molecule has 2 atom stereocenters. The molecule has 7 heteroatoms. The van der Waals surface area contributed by atoms with E-state index in [2.05, 4.69) is 0 Å². The summed E-state index contributed by atoms with van der Waals surface area (Å²) in [6.07, 6.45) is 4.20. The minimum Gasteiger partial charge on any atom is -0.481 e. The van der Waals surface area contributed by atoms with Crippen LogP contribution in [-0.2, 0) is 16.0 Å². The van der Waals surface area contributed by atoms with Crippen LogP contribution in [0.15, 0.2) is 42.5 Å². The third kappa shape index (κ3) is 6.55. The number of hydrogen-bond acceptors (Lipinski definition) is 5. The van der Waals surface area contributed by atoms with E-state index >= 15 is 0 Å². The maximum Gasteiger partial charge on any atom is 0.303 e. The summed E-state index contributed by atoms with van der Waals surface area (Å²) in [7, 11) is 0. The lowest BCUT2D eigenvalue weighted by Crippen LogP contribution is -2.41. The van der Waals surface area contributed by atoms with Crippen molar-refractivity contribution in [3.8, 4) is 0 Å². The molecule has 0 radical (unpaired) electrons. The van der Waals surface area contributed by atoms with Gasteiger partial charge in [0.2, 0.25) is 5.91 Å². The average molecular weight is 394 g/mol. The first kappa shape index (κ1) is 20.6. The van der Waals surface area contributed by atoms with E-state index < -0.39 is 12.1 Å². The molecule has 0 bridgehead atoms. The topological polar surface area (TPSA) is 77.8 Å². The number of aliphatic carboxylic acids is 1. The van der Waals surface area contributed by atoms with Crippen molar-refractivity contribution in [2.45, 2.75) is 44.2 Å². The summed E-state index contributed by atoms with van der Waals surface area (Å²) in [6, 6.07) is 9.99. The molecule has 1 aromatic carbocycles. The van der Waals surface area contributed by atoms with Gasteiger partial charge in [0.05, 0.1) is 18.6 Å². The van der Waals surface area contributed by atoms with Gasteiger partial charge >= 0.3 is 5.97 Å². The molecule has 1 heterocycles. The van der Waals surface area contributed by atoms with Gasteiger partial charge in [-0.2, -0.15) is 0 Å². The van der Waals surface area contributed by atoms with E-state index in [1.54, 1.807) is 17.1 Å². The fourth-order valence-electron chi connectivity index (χ4n) is 2.76. The van der Waals surface area contributed by atoms with E-state index in [1.807, 2.05) is 30.3 Å². The number of carbonyl (C=O) groups excluding carboxylic acids is 1. The smallest absolute Gasteiger partial charge is 0.303 e. The molecule has 2 unspecified atom stereocenters. The van der Waals surface area contributed by atoms with Crippen LogP contribution in [0, 0.1) is 0 Å². The van der Waals surface area contributed by atoms with Crippen LogP contribution < -0.4 is 0 Å². The highest BCUT2D eigenvalue weighted by Gasteiger charge is 2.34. The second-order valence-corrected chi connectivity index (χ2v) is 7.84. The number of thioether (sulfide) groups is 1. The molecule has 1 fully saturated rings. The van der Waals surface area contributed by atoms with E-state index in [9.17, 15) is 14.7 Å². The first-order valence-corrected chi connectivity index (χ1v) is 9.94. The number of carbonyl (C=O) groups is 2. The Bertz CT molecular complexity index is 663. The standard InChI is InChI=1S/C19H23NO4S2/c21-16(9-5-2-6-10-18(23)24)12-17(22)20-15(13-26-19(20)25)11-14-7-3-1-4-8-14/h1-5,7-8,15-16,21H,6,9-13H2,(H,23,24). The maximum atomic E-state index is 12.6. The lowest BCUT2D eigenvalue weighted by molar-refractivity contribution is -0.137. The quantitative estimate of drug-likeness (QED) is 0.496. The summed E-state index contributed by atoms with van der Waals surface area (Å²) in [5, 5.41) is 18.7. The minimum atomic E-state index is -0.852. The molecule has 1 aliphatic heterocycles. The van der Waals surface area contributed by atoms with Crippen molar-refractivity contribution >= 4 is 40.2 Å². The summed E-state index contributed by atoms with van der Waals surface area (Å²) < 4.78 is 0.570. The molecule has 1 aliphatic rings. The van der Waals surface area contributed by atoms with Gasteiger partial charge in [-0.05, 0) is 24.8 Å². The Morgan fingerprint density at radius 1 is 1.31 bits per heavy atom. The number of aliphatic hydroxyl groups excluding tert-OH is 1. The lowest BCUT2D eigenvalue weighted by atomic mass is 10.1. The number of thiocarbonyl (C=S) groups is 1. The third-order valence-electron chi connectivity index (χ3n) is 4.05. The van der Waals surface area contributed by atoms with Crippen LogP contribution in [0.25, 0.3) is 0 Å². The molecule has 5 nitrogen and oxygen atoms in total. The molecular weight excluding hydrogens is 370 g/mol. The van der Waals surface area contributed by atoms with E-state index in [0.717, 1.165) is 17.7 Å². The molecule has 2 N–H and O–H groups in total. The number of carboxylic acid groups (broad SMARTS) is 1. The van der Waals surface area contributed by atoms with E-state index in [4.69, 9.17) is 17.3 Å². The second-order valence-electron chi connectivity index (χ2n) is 6.18. The van der Waals surface area contributed by atoms with Gasteiger partial charge in [-0.3, -0.25) is 14.5 Å². The molecule has 0 aromatic heterocycles. The van der Waals surface area contributed by atoms with Crippen LogP contribution in [0.2, 0.25) is 0 Å². The van der Waals surface area contributed by atoms with Crippen LogP contribution in [0.5, 0.6) is 0 Å². The number of rotatable bonds is 9. The van der Waals surface area contributed by atoms with Crippen molar-refractivity contribution < 1.29 is 19.8 Å². The van der Waals surface area contributed by atoms with E-state index in [-0.39, 0.29) is 24.8 Å². The zero-order chi connectivity index (χ0) is 18.9. The summed E-state index contributed by atoms with van der Waals surface area (Å²) in [6.45, 7) is 0. The number of carboxylic acids is 1. The number of benzene rings is 1. The van der Waals surface area contributed by atoms with Crippen molar-refractivity contribution in [2.24, 2.45) is 0 Å². The van der Waals surface area contributed by atoms with Gasteiger partial charge in [0.1, 0.15) is 4.32 Å². The minimum absolute atomic E-state index is 0.00919. The SMILES string of the molecule is O=C(O)CCC=CCC(O)CC(=O)N1C(=S)SCC1Cc1ccccc1. The van der Waals surface area contributed by atoms with Crippen LogP contribution in [0.4, 0.5) is 0 Å². The molecule has 1 amide bonds. The van der Waals surface area contributed by atoms with Gasteiger partial charge in [-0.1, -0.05) is 66.5 Å². The van der Waals surface area contributed by atoms with Crippen LogP contribution >= 0.6 is 24.0 Å². The number of amides is 1. The lowest BCUT2D eigenvalue weighted by Gasteiger charge is -2.24. The fraction of sp³-hybridized carbons (Fsp3) is 0.421. The molecule has 140 valence electrons. The third-order valence-corrected chi connectivity index (χ3v) is 5.60. The predicted octanol–water partition coefficient (Wildman–Crippen LogP) is 3.02. The Balaban J connectivity index is 1.85. The zero-order valence-electron chi connectivity index (χ0n) is 14.4. The van der Waals surface area contributed by atoms with E-state index in [0.29, 0.717) is 17.2 Å². The van der Waals surface area contributed by atoms with Crippen molar-refractivity contribution in [3.05, 3.63) is 48.0 Å². The van der Waals surface area contributed by atoms with Crippen molar-refractivity contribution in [3.63, 3.8) is 0 Å². The molecule has 0 aliphatic carbocycles. The number of nitrogens with zero attached hydrogens (tertiary/aromatic N) is 1. The molecule has 0 spiro atoms. The van der Waals surface area contributed by atoms with Gasteiger partial charge < -0.3 is 10.2 Å². The fourth-order valence-corrected chi connectivity index (χ4v) is 4.21.